The van der Waals surface area contributed by atoms with Crippen molar-refractivity contribution in [2.75, 3.05) is 16.9 Å². The molecule has 0 aromatic carbocycles. The van der Waals surface area contributed by atoms with E-state index in [-0.39, 0.29) is 18.4 Å². The number of imide groups is 1. The Bertz CT molecular complexity index is 547. The molecular formula is C13H20N6O2. The molecule has 8 nitrogen and oxygen atoms in total. The second-order valence-corrected chi connectivity index (χ2v) is 4.89. The summed E-state index contributed by atoms with van der Waals surface area (Å²) in [6, 6.07) is 1.23. The van der Waals surface area contributed by atoms with Crippen molar-refractivity contribution >= 4 is 23.5 Å². The molecule has 2 amide bonds. The van der Waals surface area contributed by atoms with Crippen LogP contribution in [0.25, 0.3) is 0 Å². The Morgan fingerprint density at radius 3 is 2.81 bits per heavy atom. The summed E-state index contributed by atoms with van der Waals surface area (Å²) in [6.07, 6.45) is 2.18. The van der Waals surface area contributed by atoms with Crippen molar-refractivity contribution in [1.82, 2.24) is 15.3 Å². The number of aromatic nitrogens is 2. The van der Waals surface area contributed by atoms with Gasteiger partial charge in [-0.15, -0.1) is 0 Å². The van der Waals surface area contributed by atoms with Gasteiger partial charge in [0.1, 0.15) is 23.5 Å². The zero-order chi connectivity index (χ0) is 15.4. The summed E-state index contributed by atoms with van der Waals surface area (Å²) in [5.74, 6) is 6.44. The first-order valence-corrected chi connectivity index (χ1v) is 7.03. The van der Waals surface area contributed by atoms with E-state index in [0.717, 1.165) is 6.42 Å². The number of anilines is 2. The predicted molar refractivity (Wildman–Crippen MR) is 78.4 cm³/mol. The first-order valence-electron chi connectivity index (χ1n) is 7.03. The molecule has 21 heavy (non-hydrogen) atoms. The Morgan fingerprint density at radius 1 is 1.43 bits per heavy atom. The number of amides is 2. The smallest absolute Gasteiger partial charge is 0.249 e. The number of carbonyl (C=O) groups is 2. The van der Waals surface area contributed by atoms with E-state index in [4.69, 9.17) is 5.84 Å². The number of aryl methyl sites for hydroxylation is 1. The Balaban J connectivity index is 2.39. The second-order valence-electron chi connectivity index (χ2n) is 4.89. The van der Waals surface area contributed by atoms with Crippen LogP contribution in [-0.2, 0) is 16.0 Å². The van der Waals surface area contributed by atoms with Crippen molar-refractivity contribution in [3.8, 4) is 0 Å². The van der Waals surface area contributed by atoms with Gasteiger partial charge >= 0.3 is 0 Å². The highest BCUT2D eigenvalue weighted by Crippen LogP contribution is 2.21. The van der Waals surface area contributed by atoms with Gasteiger partial charge in [0.15, 0.2) is 0 Å². The highest BCUT2D eigenvalue weighted by Gasteiger charge is 2.33. The maximum Gasteiger partial charge on any atom is 0.249 e. The van der Waals surface area contributed by atoms with Crippen molar-refractivity contribution in [3.05, 3.63) is 11.9 Å². The largest absolute Gasteiger partial charge is 0.335 e. The molecule has 1 saturated heterocycles. The Hall–Kier alpha value is -2.22. The summed E-state index contributed by atoms with van der Waals surface area (Å²) in [7, 11) is 0. The summed E-state index contributed by atoms with van der Waals surface area (Å²) in [6.45, 7) is 4.01. The third-order valence-corrected chi connectivity index (χ3v) is 3.32. The number of rotatable bonds is 5. The Labute approximate surface area is 123 Å². The lowest BCUT2D eigenvalue weighted by Crippen LogP contribution is -2.58. The Morgan fingerprint density at radius 2 is 2.19 bits per heavy atom. The third kappa shape index (κ3) is 3.27. The van der Waals surface area contributed by atoms with E-state index in [0.29, 0.717) is 30.3 Å². The molecule has 1 unspecified atom stereocenters. The van der Waals surface area contributed by atoms with E-state index in [1.807, 2.05) is 13.8 Å². The zero-order valence-electron chi connectivity index (χ0n) is 12.2. The maximum absolute atomic E-state index is 11.9. The average Bonchev–Trinajstić information content (AvgIpc) is 2.46. The van der Waals surface area contributed by atoms with Crippen LogP contribution in [0.2, 0.25) is 0 Å². The van der Waals surface area contributed by atoms with Crippen LogP contribution in [0.5, 0.6) is 0 Å². The lowest BCUT2D eigenvalue weighted by molar-refractivity contribution is -0.132. The van der Waals surface area contributed by atoms with E-state index >= 15 is 0 Å². The van der Waals surface area contributed by atoms with Crippen LogP contribution in [0.15, 0.2) is 6.07 Å². The molecule has 1 aromatic rings. The first-order chi connectivity index (χ1) is 10.1. The molecule has 0 aliphatic carbocycles. The number of carbonyl (C=O) groups excluding carboxylic acids is 2. The molecule has 0 saturated carbocycles. The van der Waals surface area contributed by atoms with Gasteiger partial charge in [-0.3, -0.25) is 14.9 Å². The molecule has 1 atom stereocenters. The van der Waals surface area contributed by atoms with Gasteiger partial charge in [-0.1, -0.05) is 13.8 Å². The van der Waals surface area contributed by atoms with Crippen LogP contribution < -0.4 is 21.5 Å². The number of piperazine rings is 1. The fraction of sp³-hybridized carbons (Fsp3) is 0.538. The molecule has 0 spiro atoms. The van der Waals surface area contributed by atoms with Gasteiger partial charge in [0, 0.05) is 12.5 Å². The summed E-state index contributed by atoms with van der Waals surface area (Å²) in [4.78, 5) is 34.0. The van der Waals surface area contributed by atoms with Crippen LogP contribution in [0.1, 0.15) is 32.5 Å². The quantitative estimate of drug-likeness (QED) is 0.396. The van der Waals surface area contributed by atoms with Crippen LogP contribution in [0.4, 0.5) is 11.6 Å². The van der Waals surface area contributed by atoms with Gasteiger partial charge in [0.25, 0.3) is 0 Å². The Kier molecular flexibility index (Phi) is 4.69. The van der Waals surface area contributed by atoms with E-state index < -0.39 is 6.04 Å². The first kappa shape index (κ1) is 15.2. The SMILES string of the molecule is CCCc1nc(NN)cc(N2CC(=O)NC(=O)C2CC)n1. The molecule has 0 radical (unpaired) electrons. The number of nitrogens with one attached hydrogen (secondary N) is 2. The van der Waals surface area contributed by atoms with Gasteiger partial charge in [-0.2, -0.15) is 0 Å². The van der Waals surface area contributed by atoms with Crippen molar-refractivity contribution in [2.45, 2.75) is 39.2 Å². The highest BCUT2D eigenvalue weighted by molar-refractivity contribution is 6.04. The molecule has 1 aliphatic heterocycles. The molecule has 1 fully saturated rings. The molecular weight excluding hydrogens is 272 g/mol. The monoisotopic (exact) mass is 292 g/mol. The van der Waals surface area contributed by atoms with Crippen LogP contribution in [0, 0.1) is 0 Å². The van der Waals surface area contributed by atoms with Crippen molar-refractivity contribution in [3.63, 3.8) is 0 Å². The fourth-order valence-corrected chi connectivity index (χ4v) is 2.35. The van der Waals surface area contributed by atoms with Crippen LogP contribution in [-0.4, -0.2) is 34.4 Å². The molecule has 114 valence electrons. The van der Waals surface area contributed by atoms with E-state index in [1.54, 1.807) is 11.0 Å². The van der Waals surface area contributed by atoms with Crippen LogP contribution in [0.3, 0.4) is 0 Å². The minimum atomic E-state index is -0.419. The minimum Gasteiger partial charge on any atom is -0.335 e. The summed E-state index contributed by atoms with van der Waals surface area (Å²) in [5, 5.41) is 2.35. The van der Waals surface area contributed by atoms with E-state index in [9.17, 15) is 9.59 Å². The predicted octanol–water partition coefficient (Wildman–Crippen LogP) is -0.0439. The average molecular weight is 292 g/mol. The number of nitrogens with zero attached hydrogens (tertiary/aromatic N) is 3. The minimum absolute atomic E-state index is 0.0941. The van der Waals surface area contributed by atoms with Crippen molar-refractivity contribution in [1.29, 1.82) is 0 Å². The van der Waals surface area contributed by atoms with Crippen molar-refractivity contribution in [2.24, 2.45) is 5.84 Å². The summed E-state index contributed by atoms with van der Waals surface area (Å²) >= 11 is 0. The number of nitrogen functional groups attached to an aromatic ring is 1. The lowest BCUT2D eigenvalue weighted by atomic mass is 10.1. The van der Waals surface area contributed by atoms with E-state index in [1.165, 1.54) is 0 Å². The van der Waals surface area contributed by atoms with Gasteiger partial charge in [-0.25, -0.2) is 15.8 Å². The molecule has 8 heteroatoms. The number of nitrogens with two attached hydrogens (primary N) is 1. The van der Waals surface area contributed by atoms with Gasteiger partial charge in [0.2, 0.25) is 11.8 Å². The molecule has 1 aliphatic rings. The molecule has 2 heterocycles. The topological polar surface area (TPSA) is 113 Å². The fourth-order valence-electron chi connectivity index (χ4n) is 2.35. The second kappa shape index (κ2) is 6.49. The zero-order valence-corrected chi connectivity index (χ0v) is 12.2. The van der Waals surface area contributed by atoms with Gasteiger partial charge in [0.05, 0.1) is 6.54 Å². The summed E-state index contributed by atoms with van der Waals surface area (Å²) < 4.78 is 0. The van der Waals surface area contributed by atoms with Gasteiger partial charge in [-0.05, 0) is 12.8 Å². The third-order valence-electron chi connectivity index (χ3n) is 3.32. The molecule has 4 N–H and O–H groups in total. The lowest BCUT2D eigenvalue weighted by Gasteiger charge is -2.34. The van der Waals surface area contributed by atoms with Crippen LogP contribution >= 0.6 is 0 Å². The number of hydrogen-bond donors (Lipinski definition) is 3. The highest BCUT2D eigenvalue weighted by atomic mass is 16.2. The maximum atomic E-state index is 11.9. The molecule has 2 rings (SSSR count). The normalized spacial score (nSPS) is 18.6. The van der Waals surface area contributed by atoms with Gasteiger partial charge < -0.3 is 10.3 Å². The summed E-state index contributed by atoms with van der Waals surface area (Å²) in [5.41, 5.74) is 2.50. The number of hydrazine groups is 1. The molecule has 0 bridgehead atoms. The van der Waals surface area contributed by atoms with Crippen molar-refractivity contribution < 1.29 is 9.59 Å². The molecule has 1 aromatic heterocycles. The van der Waals surface area contributed by atoms with E-state index in [2.05, 4.69) is 20.7 Å². The standard InChI is InChI=1S/C13H20N6O2/c1-3-5-9-15-10(18-14)6-11(16-9)19-7-12(20)17-13(21)8(19)4-2/h6,8H,3-5,7,14H2,1-2H3,(H,15,16,18)(H,17,20,21). The number of hydrogen-bond acceptors (Lipinski definition) is 7.